The number of hydrogen-bond acceptors (Lipinski definition) is 2. The second kappa shape index (κ2) is 5.31. The summed E-state index contributed by atoms with van der Waals surface area (Å²) in [5, 5.41) is 3.57. The molecule has 0 amide bonds. The van der Waals surface area contributed by atoms with Gasteiger partial charge in [0.1, 0.15) is 0 Å². The van der Waals surface area contributed by atoms with Crippen LogP contribution in [0.2, 0.25) is 0 Å². The number of rotatable bonds is 1. The van der Waals surface area contributed by atoms with Gasteiger partial charge in [-0.25, -0.2) is 0 Å². The zero-order chi connectivity index (χ0) is 10.7. The topological polar surface area (TPSA) is 15.3 Å². The van der Waals surface area contributed by atoms with Gasteiger partial charge in [0.2, 0.25) is 0 Å². The molecule has 0 spiro atoms. The fourth-order valence-electron chi connectivity index (χ4n) is 3.15. The van der Waals surface area contributed by atoms with Gasteiger partial charge in [0.25, 0.3) is 0 Å². The SMILES string of the molecule is CC1CN(C2CCCCCC2)C(C)CN1. The summed E-state index contributed by atoms with van der Waals surface area (Å²) >= 11 is 0. The van der Waals surface area contributed by atoms with E-state index in [4.69, 9.17) is 0 Å². The molecule has 2 rings (SSSR count). The molecule has 1 N–H and O–H groups in total. The number of hydrogen-bond donors (Lipinski definition) is 1. The third-order valence-corrected chi connectivity index (χ3v) is 4.11. The molecule has 2 aliphatic rings. The lowest BCUT2D eigenvalue weighted by molar-refractivity contribution is 0.0861. The van der Waals surface area contributed by atoms with Crippen molar-refractivity contribution in [1.29, 1.82) is 0 Å². The Labute approximate surface area is 94.4 Å². The van der Waals surface area contributed by atoms with Crippen molar-refractivity contribution in [2.75, 3.05) is 13.1 Å². The predicted octanol–water partition coefficient (Wildman–Crippen LogP) is 2.39. The molecule has 1 saturated carbocycles. The van der Waals surface area contributed by atoms with E-state index in [1.807, 2.05) is 0 Å². The molecule has 1 saturated heterocycles. The van der Waals surface area contributed by atoms with Gasteiger partial charge in [0.05, 0.1) is 0 Å². The van der Waals surface area contributed by atoms with E-state index in [2.05, 4.69) is 24.1 Å². The zero-order valence-corrected chi connectivity index (χ0v) is 10.3. The van der Waals surface area contributed by atoms with Crippen LogP contribution in [-0.2, 0) is 0 Å². The molecule has 1 aliphatic heterocycles. The molecule has 2 atom stereocenters. The van der Waals surface area contributed by atoms with Crippen molar-refractivity contribution < 1.29 is 0 Å². The van der Waals surface area contributed by atoms with Crippen LogP contribution in [0.4, 0.5) is 0 Å². The first-order valence-corrected chi connectivity index (χ1v) is 6.76. The molecule has 2 nitrogen and oxygen atoms in total. The van der Waals surface area contributed by atoms with E-state index < -0.39 is 0 Å². The van der Waals surface area contributed by atoms with Gasteiger partial charge in [0, 0.05) is 31.2 Å². The molecule has 1 aliphatic carbocycles. The molecule has 2 unspecified atom stereocenters. The third-order valence-electron chi connectivity index (χ3n) is 4.11. The summed E-state index contributed by atoms with van der Waals surface area (Å²) in [6.45, 7) is 7.13. The Morgan fingerprint density at radius 2 is 1.67 bits per heavy atom. The van der Waals surface area contributed by atoms with Crippen molar-refractivity contribution in [3.63, 3.8) is 0 Å². The van der Waals surface area contributed by atoms with Gasteiger partial charge in [-0.15, -0.1) is 0 Å². The Hall–Kier alpha value is -0.0800. The van der Waals surface area contributed by atoms with Gasteiger partial charge < -0.3 is 5.32 Å². The quantitative estimate of drug-likeness (QED) is 0.669. The van der Waals surface area contributed by atoms with Crippen molar-refractivity contribution in [3.8, 4) is 0 Å². The largest absolute Gasteiger partial charge is 0.311 e. The van der Waals surface area contributed by atoms with Gasteiger partial charge in [-0.3, -0.25) is 4.90 Å². The lowest BCUT2D eigenvalue weighted by Crippen LogP contribution is -2.57. The number of nitrogens with zero attached hydrogens (tertiary/aromatic N) is 1. The van der Waals surface area contributed by atoms with Crippen LogP contribution < -0.4 is 5.32 Å². The van der Waals surface area contributed by atoms with Crippen molar-refractivity contribution in [1.82, 2.24) is 10.2 Å². The summed E-state index contributed by atoms with van der Waals surface area (Å²) < 4.78 is 0. The number of nitrogens with one attached hydrogen (secondary N) is 1. The second-order valence-electron chi connectivity index (χ2n) is 5.50. The minimum atomic E-state index is 0.685. The first kappa shape index (κ1) is 11.4. The zero-order valence-electron chi connectivity index (χ0n) is 10.3. The summed E-state index contributed by atoms with van der Waals surface area (Å²) in [5.74, 6) is 0. The van der Waals surface area contributed by atoms with E-state index >= 15 is 0 Å². The van der Waals surface area contributed by atoms with Crippen LogP contribution in [0.3, 0.4) is 0 Å². The van der Waals surface area contributed by atoms with E-state index in [1.54, 1.807) is 0 Å². The molecule has 2 heteroatoms. The van der Waals surface area contributed by atoms with E-state index in [9.17, 15) is 0 Å². The Morgan fingerprint density at radius 1 is 1.00 bits per heavy atom. The molecular weight excluding hydrogens is 184 g/mol. The van der Waals surface area contributed by atoms with E-state index in [0.717, 1.165) is 12.1 Å². The van der Waals surface area contributed by atoms with Gasteiger partial charge in [-0.1, -0.05) is 25.7 Å². The first-order valence-electron chi connectivity index (χ1n) is 6.76. The highest BCUT2D eigenvalue weighted by molar-refractivity contribution is 4.86. The molecule has 1 heterocycles. The molecule has 0 aromatic heterocycles. The Morgan fingerprint density at radius 3 is 2.33 bits per heavy atom. The lowest BCUT2D eigenvalue weighted by Gasteiger charge is -2.42. The van der Waals surface area contributed by atoms with E-state index in [0.29, 0.717) is 6.04 Å². The molecule has 15 heavy (non-hydrogen) atoms. The van der Waals surface area contributed by atoms with Crippen molar-refractivity contribution >= 4 is 0 Å². The fraction of sp³-hybridized carbons (Fsp3) is 1.00. The molecule has 2 fully saturated rings. The lowest BCUT2D eigenvalue weighted by atomic mass is 10.0. The fourth-order valence-corrected chi connectivity index (χ4v) is 3.15. The Bertz CT molecular complexity index is 185. The molecule has 88 valence electrons. The van der Waals surface area contributed by atoms with Gasteiger partial charge in [-0.05, 0) is 26.7 Å². The highest BCUT2D eigenvalue weighted by Crippen LogP contribution is 2.24. The van der Waals surface area contributed by atoms with Gasteiger partial charge in [0.15, 0.2) is 0 Å². The predicted molar refractivity (Wildman–Crippen MR) is 65.1 cm³/mol. The van der Waals surface area contributed by atoms with Crippen LogP contribution >= 0.6 is 0 Å². The van der Waals surface area contributed by atoms with Crippen molar-refractivity contribution in [2.45, 2.75) is 70.5 Å². The third kappa shape index (κ3) is 2.94. The van der Waals surface area contributed by atoms with Crippen molar-refractivity contribution in [2.24, 2.45) is 0 Å². The summed E-state index contributed by atoms with van der Waals surface area (Å²) in [6, 6.07) is 2.31. The average Bonchev–Trinajstić information content (AvgIpc) is 2.50. The van der Waals surface area contributed by atoms with Crippen LogP contribution in [0.15, 0.2) is 0 Å². The van der Waals surface area contributed by atoms with Crippen LogP contribution in [0, 0.1) is 0 Å². The highest BCUT2D eigenvalue weighted by atomic mass is 15.2. The van der Waals surface area contributed by atoms with Crippen LogP contribution in [-0.4, -0.2) is 36.1 Å². The standard InChI is InChI=1S/C13H26N2/c1-11-10-15(12(2)9-14-11)13-7-5-3-4-6-8-13/h11-14H,3-10H2,1-2H3. The maximum absolute atomic E-state index is 3.57. The highest BCUT2D eigenvalue weighted by Gasteiger charge is 2.28. The van der Waals surface area contributed by atoms with Crippen LogP contribution in [0.1, 0.15) is 52.4 Å². The smallest absolute Gasteiger partial charge is 0.0196 e. The first-order chi connectivity index (χ1) is 7.27. The van der Waals surface area contributed by atoms with Crippen LogP contribution in [0.25, 0.3) is 0 Å². The van der Waals surface area contributed by atoms with Gasteiger partial charge >= 0.3 is 0 Å². The maximum Gasteiger partial charge on any atom is 0.0196 e. The van der Waals surface area contributed by atoms with Crippen LogP contribution in [0.5, 0.6) is 0 Å². The maximum atomic E-state index is 3.57. The summed E-state index contributed by atoms with van der Waals surface area (Å²) in [6.07, 6.45) is 8.72. The molecule has 0 bridgehead atoms. The van der Waals surface area contributed by atoms with Crippen molar-refractivity contribution in [3.05, 3.63) is 0 Å². The second-order valence-corrected chi connectivity index (χ2v) is 5.50. The molecule has 0 aromatic rings. The normalized spacial score (nSPS) is 36.4. The minimum absolute atomic E-state index is 0.685. The summed E-state index contributed by atoms with van der Waals surface area (Å²) in [5.41, 5.74) is 0. The monoisotopic (exact) mass is 210 g/mol. The number of piperazine rings is 1. The average molecular weight is 210 g/mol. The minimum Gasteiger partial charge on any atom is -0.311 e. The summed E-state index contributed by atoms with van der Waals surface area (Å²) in [4.78, 5) is 2.77. The van der Waals surface area contributed by atoms with E-state index in [-0.39, 0.29) is 0 Å². The Balaban J connectivity index is 1.93. The molecule has 0 aromatic carbocycles. The summed E-state index contributed by atoms with van der Waals surface area (Å²) in [7, 11) is 0. The molecular formula is C13H26N2. The Kier molecular flexibility index (Phi) is 4.04. The molecule has 0 radical (unpaired) electrons. The van der Waals surface area contributed by atoms with Gasteiger partial charge in [-0.2, -0.15) is 0 Å². The van der Waals surface area contributed by atoms with E-state index in [1.165, 1.54) is 51.6 Å².